The first kappa shape index (κ1) is 14.7. The van der Waals surface area contributed by atoms with Gasteiger partial charge in [-0.3, -0.25) is 0 Å². The van der Waals surface area contributed by atoms with Crippen molar-refractivity contribution in [2.75, 3.05) is 6.61 Å². The van der Waals surface area contributed by atoms with Crippen LogP contribution in [-0.4, -0.2) is 24.8 Å². The monoisotopic (exact) mass is 263 g/mol. The van der Waals surface area contributed by atoms with Gasteiger partial charge in [-0.1, -0.05) is 29.8 Å². The second-order valence-electron chi connectivity index (χ2n) is 3.88. The van der Waals surface area contributed by atoms with Crippen molar-refractivity contribution in [3.05, 3.63) is 35.4 Å². The molecule has 0 saturated heterocycles. The standard InChI is InChI=1S/C13H17N3O3/c1-3-19-12(15-16-13(14)18)11(8-17)10-6-4-9(2)5-7-10/h4-8,11H,3H2,1-2H3,(H3,14,16,18). The van der Waals surface area contributed by atoms with Gasteiger partial charge in [-0.05, 0) is 19.4 Å². The van der Waals surface area contributed by atoms with E-state index in [9.17, 15) is 9.59 Å². The lowest BCUT2D eigenvalue weighted by atomic mass is 9.99. The number of hydrazone groups is 1. The van der Waals surface area contributed by atoms with E-state index in [2.05, 4.69) is 10.5 Å². The van der Waals surface area contributed by atoms with Gasteiger partial charge in [0.1, 0.15) is 12.2 Å². The highest BCUT2D eigenvalue weighted by molar-refractivity contribution is 5.98. The number of benzene rings is 1. The average Bonchev–Trinajstić information content (AvgIpc) is 2.38. The van der Waals surface area contributed by atoms with E-state index in [1.165, 1.54) is 0 Å². The zero-order valence-corrected chi connectivity index (χ0v) is 10.9. The third kappa shape index (κ3) is 4.42. The summed E-state index contributed by atoms with van der Waals surface area (Å²) in [6, 6.07) is 6.58. The number of primary amides is 1. The minimum Gasteiger partial charge on any atom is -0.479 e. The van der Waals surface area contributed by atoms with Gasteiger partial charge in [-0.2, -0.15) is 0 Å². The Balaban J connectivity index is 3.02. The van der Waals surface area contributed by atoms with Crippen LogP contribution in [0.15, 0.2) is 29.4 Å². The van der Waals surface area contributed by atoms with E-state index >= 15 is 0 Å². The highest BCUT2D eigenvalue weighted by Gasteiger charge is 2.19. The predicted octanol–water partition coefficient (Wildman–Crippen LogP) is 1.30. The van der Waals surface area contributed by atoms with Gasteiger partial charge in [-0.15, -0.1) is 5.10 Å². The number of aldehydes is 1. The first-order valence-electron chi connectivity index (χ1n) is 5.86. The number of nitrogens with two attached hydrogens (primary N) is 1. The van der Waals surface area contributed by atoms with E-state index in [0.29, 0.717) is 12.9 Å². The molecular formula is C13H17N3O3. The van der Waals surface area contributed by atoms with Crippen LogP contribution < -0.4 is 11.2 Å². The molecule has 19 heavy (non-hydrogen) atoms. The molecule has 0 heterocycles. The molecule has 0 bridgehead atoms. The number of rotatable bonds is 5. The number of hydrogen-bond acceptors (Lipinski definition) is 4. The van der Waals surface area contributed by atoms with Crippen LogP contribution in [-0.2, 0) is 9.53 Å². The summed E-state index contributed by atoms with van der Waals surface area (Å²) in [5.41, 5.74) is 8.82. The molecule has 0 radical (unpaired) electrons. The maximum atomic E-state index is 11.2. The molecule has 1 aromatic carbocycles. The number of amides is 2. The quantitative estimate of drug-likeness (QED) is 0.363. The van der Waals surface area contributed by atoms with Gasteiger partial charge in [-0.25, -0.2) is 10.2 Å². The third-order valence-electron chi connectivity index (χ3n) is 2.41. The lowest BCUT2D eigenvalue weighted by Crippen LogP contribution is -2.28. The van der Waals surface area contributed by atoms with Crippen LogP contribution in [0.25, 0.3) is 0 Å². The van der Waals surface area contributed by atoms with Crippen LogP contribution in [0.3, 0.4) is 0 Å². The van der Waals surface area contributed by atoms with Gasteiger partial charge in [0.15, 0.2) is 0 Å². The molecule has 2 amide bonds. The van der Waals surface area contributed by atoms with Crippen molar-refractivity contribution in [3.8, 4) is 0 Å². The van der Waals surface area contributed by atoms with Crippen LogP contribution >= 0.6 is 0 Å². The van der Waals surface area contributed by atoms with Crippen molar-refractivity contribution in [2.24, 2.45) is 10.8 Å². The fourth-order valence-electron chi connectivity index (χ4n) is 1.50. The van der Waals surface area contributed by atoms with Gasteiger partial charge in [0, 0.05) is 0 Å². The topological polar surface area (TPSA) is 93.8 Å². The van der Waals surface area contributed by atoms with Crippen LogP contribution in [0.5, 0.6) is 0 Å². The predicted molar refractivity (Wildman–Crippen MR) is 71.8 cm³/mol. The molecule has 1 aromatic rings. The SMILES string of the molecule is CCOC(=NNC(N)=O)C(C=O)c1ccc(C)cc1. The van der Waals surface area contributed by atoms with Crippen LogP contribution in [0.4, 0.5) is 4.79 Å². The maximum absolute atomic E-state index is 11.2. The minimum absolute atomic E-state index is 0.111. The Morgan fingerprint density at radius 2 is 2.11 bits per heavy atom. The number of hydrogen-bond donors (Lipinski definition) is 2. The fourth-order valence-corrected chi connectivity index (χ4v) is 1.50. The number of ether oxygens (including phenoxy) is 1. The Labute approximate surface area is 111 Å². The molecule has 6 nitrogen and oxygen atoms in total. The Morgan fingerprint density at radius 1 is 1.47 bits per heavy atom. The Kier molecular flexibility index (Phi) is 5.53. The Bertz CT molecular complexity index is 469. The molecule has 0 saturated carbocycles. The fraction of sp³-hybridized carbons (Fsp3) is 0.308. The summed E-state index contributed by atoms with van der Waals surface area (Å²) in [6.45, 7) is 4.04. The Morgan fingerprint density at radius 3 is 2.58 bits per heavy atom. The minimum atomic E-state index is -0.814. The van der Waals surface area contributed by atoms with Crippen LogP contribution in [0.2, 0.25) is 0 Å². The molecule has 1 atom stereocenters. The number of carbonyl (C=O) groups is 2. The van der Waals surface area contributed by atoms with E-state index in [0.717, 1.165) is 11.1 Å². The number of aryl methyl sites for hydroxylation is 1. The molecular weight excluding hydrogens is 246 g/mol. The molecule has 0 aliphatic rings. The van der Waals surface area contributed by atoms with Crippen molar-refractivity contribution in [1.82, 2.24) is 5.43 Å². The summed E-state index contributed by atoms with van der Waals surface area (Å²) >= 11 is 0. The van der Waals surface area contributed by atoms with Gasteiger partial charge < -0.3 is 15.3 Å². The number of urea groups is 1. The van der Waals surface area contributed by atoms with E-state index < -0.39 is 11.9 Å². The van der Waals surface area contributed by atoms with Gasteiger partial charge in [0.05, 0.1) is 6.61 Å². The van der Waals surface area contributed by atoms with Gasteiger partial charge in [0.2, 0.25) is 5.90 Å². The highest BCUT2D eigenvalue weighted by atomic mass is 16.5. The molecule has 0 aliphatic carbocycles. The summed E-state index contributed by atoms with van der Waals surface area (Å²) in [4.78, 5) is 21.9. The molecule has 0 aromatic heterocycles. The summed E-state index contributed by atoms with van der Waals surface area (Å²) in [5.74, 6) is -0.562. The summed E-state index contributed by atoms with van der Waals surface area (Å²) in [7, 11) is 0. The van der Waals surface area contributed by atoms with Crippen molar-refractivity contribution in [2.45, 2.75) is 19.8 Å². The number of nitrogens with zero attached hydrogens (tertiary/aromatic N) is 1. The smallest absolute Gasteiger partial charge is 0.332 e. The molecule has 3 N–H and O–H groups in total. The van der Waals surface area contributed by atoms with Gasteiger partial charge in [0.25, 0.3) is 0 Å². The summed E-state index contributed by atoms with van der Waals surface area (Å²) in [6.07, 6.45) is 0.710. The second kappa shape index (κ2) is 7.15. The van der Waals surface area contributed by atoms with E-state index in [-0.39, 0.29) is 5.90 Å². The zero-order chi connectivity index (χ0) is 14.3. The largest absolute Gasteiger partial charge is 0.479 e. The molecule has 1 rings (SSSR count). The average molecular weight is 263 g/mol. The number of nitrogens with one attached hydrogen (secondary N) is 1. The molecule has 1 unspecified atom stereocenters. The highest BCUT2D eigenvalue weighted by Crippen LogP contribution is 2.17. The maximum Gasteiger partial charge on any atom is 0.332 e. The van der Waals surface area contributed by atoms with E-state index in [1.54, 1.807) is 6.92 Å². The molecule has 0 spiro atoms. The molecule has 0 aliphatic heterocycles. The molecule has 102 valence electrons. The van der Waals surface area contributed by atoms with Crippen molar-refractivity contribution >= 4 is 18.2 Å². The zero-order valence-electron chi connectivity index (χ0n) is 10.9. The first-order chi connectivity index (χ1) is 9.08. The lowest BCUT2D eigenvalue weighted by Gasteiger charge is -2.14. The van der Waals surface area contributed by atoms with Crippen molar-refractivity contribution in [1.29, 1.82) is 0 Å². The third-order valence-corrected chi connectivity index (χ3v) is 2.41. The van der Waals surface area contributed by atoms with Crippen LogP contribution in [0, 0.1) is 6.92 Å². The number of carbonyl (C=O) groups excluding carboxylic acids is 2. The van der Waals surface area contributed by atoms with Crippen molar-refractivity contribution in [3.63, 3.8) is 0 Å². The summed E-state index contributed by atoms with van der Waals surface area (Å²) in [5, 5.41) is 3.72. The molecule has 6 heteroatoms. The van der Waals surface area contributed by atoms with Gasteiger partial charge >= 0.3 is 6.03 Å². The normalized spacial score (nSPS) is 12.6. The first-order valence-corrected chi connectivity index (χ1v) is 5.86. The van der Waals surface area contributed by atoms with E-state index in [1.807, 2.05) is 31.2 Å². The molecule has 0 fully saturated rings. The Hall–Kier alpha value is -2.37. The summed E-state index contributed by atoms with van der Waals surface area (Å²) < 4.78 is 5.28. The second-order valence-corrected chi connectivity index (χ2v) is 3.88. The van der Waals surface area contributed by atoms with Crippen LogP contribution in [0.1, 0.15) is 24.0 Å². The van der Waals surface area contributed by atoms with Crippen molar-refractivity contribution < 1.29 is 14.3 Å². The van der Waals surface area contributed by atoms with E-state index in [4.69, 9.17) is 10.5 Å². The lowest BCUT2D eigenvalue weighted by molar-refractivity contribution is -0.108.